The fourth-order valence-corrected chi connectivity index (χ4v) is 0.732. The lowest BCUT2D eigenvalue weighted by atomic mass is 10.3. The summed E-state index contributed by atoms with van der Waals surface area (Å²) in [5.74, 6) is 0. The van der Waals surface area contributed by atoms with Gasteiger partial charge in [-0.3, -0.25) is 5.32 Å². The number of amidine groups is 1. The molecule has 1 unspecified atom stereocenters. The molecule has 0 aromatic heterocycles. The normalized spacial score (nSPS) is 12.6. The Morgan fingerprint density at radius 1 is 1.44 bits per heavy atom. The number of amides is 4. The molecule has 0 aliphatic heterocycles. The van der Waals surface area contributed by atoms with Crippen molar-refractivity contribution in [3.05, 3.63) is 0 Å². The van der Waals surface area contributed by atoms with Gasteiger partial charge in [-0.05, 0) is 13.3 Å². The Hall–Kier alpha value is -1.79. The topological polar surface area (TPSA) is 91.8 Å². The SMILES string of the molecule is CCC(C)NC(=O)NC(=NC(=O)NC)OC. The number of aliphatic imine (C=N–C) groups is 1. The van der Waals surface area contributed by atoms with Gasteiger partial charge in [-0.1, -0.05) is 6.92 Å². The first-order chi connectivity index (χ1) is 7.53. The van der Waals surface area contributed by atoms with Crippen LogP contribution in [0.3, 0.4) is 0 Å². The third-order valence-corrected chi connectivity index (χ3v) is 1.82. The summed E-state index contributed by atoms with van der Waals surface area (Å²) < 4.78 is 4.73. The Bertz CT molecular complexity index is 278. The molecule has 7 heteroatoms. The highest BCUT2D eigenvalue weighted by Crippen LogP contribution is 1.87. The molecule has 0 heterocycles. The molecule has 0 aromatic rings. The van der Waals surface area contributed by atoms with Crippen LogP contribution in [-0.4, -0.2) is 38.3 Å². The maximum absolute atomic E-state index is 11.3. The van der Waals surface area contributed by atoms with Gasteiger partial charge in [-0.25, -0.2) is 9.59 Å². The van der Waals surface area contributed by atoms with Crippen LogP contribution in [0.2, 0.25) is 0 Å². The van der Waals surface area contributed by atoms with Gasteiger partial charge in [0.15, 0.2) is 0 Å². The molecule has 0 saturated heterocycles. The molecule has 7 nitrogen and oxygen atoms in total. The third-order valence-electron chi connectivity index (χ3n) is 1.82. The van der Waals surface area contributed by atoms with E-state index in [1.807, 2.05) is 13.8 Å². The van der Waals surface area contributed by atoms with Crippen molar-refractivity contribution in [3.63, 3.8) is 0 Å². The van der Waals surface area contributed by atoms with Crippen LogP contribution in [0.4, 0.5) is 9.59 Å². The molecule has 92 valence electrons. The Morgan fingerprint density at radius 2 is 2.06 bits per heavy atom. The van der Waals surface area contributed by atoms with Gasteiger partial charge in [0.25, 0.3) is 0 Å². The van der Waals surface area contributed by atoms with Crippen molar-refractivity contribution in [3.8, 4) is 0 Å². The number of ether oxygens (including phenoxy) is 1. The van der Waals surface area contributed by atoms with E-state index >= 15 is 0 Å². The number of carbonyl (C=O) groups is 2. The maximum Gasteiger partial charge on any atom is 0.345 e. The van der Waals surface area contributed by atoms with Gasteiger partial charge in [0.1, 0.15) is 0 Å². The zero-order chi connectivity index (χ0) is 12.6. The maximum atomic E-state index is 11.3. The first kappa shape index (κ1) is 14.2. The molecule has 16 heavy (non-hydrogen) atoms. The predicted molar refractivity (Wildman–Crippen MR) is 60.3 cm³/mol. The number of nitrogens with zero attached hydrogens (tertiary/aromatic N) is 1. The molecular weight excluding hydrogens is 212 g/mol. The van der Waals surface area contributed by atoms with Crippen molar-refractivity contribution in [2.75, 3.05) is 14.2 Å². The highest BCUT2D eigenvalue weighted by atomic mass is 16.5. The van der Waals surface area contributed by atoms with Crippen LogP contribution in [0, 0.1) is 0 Å². The second-order valence-corrected chi connectivity index (χ2v) is 3.08. The minimum absolute atomic E-state index is 0.0399. The summed E-state index contributed by atoms with van der Waals surface area (Å²) in [6.07, 6.45) is 0.808. The number of urea groups is 2. The van der Waals surface area contributed by atoms with Crippen LogP contribution in [0.1, 0.15) is 20.3 Å². The molecule has 0 aliphatic carbocycles. The predicted octanol–water partition coefficient (Wildman–Crippen LogP) is 0.426. The van der Waals surface area contributed by atoms with E-state index in [0.29, 0.717) is 0 Å². The van der Waals surface area contributed by atoms with Crippen LogP contribution in [0.25, 0.3) is 0 Å². The number of methoxy groups -OCH3 is 1. The summed E-state index contributed by atoms with van der Waals surface area (Å²) in [5, 5.41) is 7.23. The number of carbonyl (C=O) groups excluding carboxylic acids is 2. The molecule has 1 atom stereocenters. The molecule has 0 aliphatic rings. The van der Waals surface area contributed by atoms with Gasteiger partial charge in [0, 0.05) is 13.1 Å². The molecule has 0 rings (SSSR count). The van der Waals surface area contributed by atoms with E-state index in [0.717, 1.165) is 6.42 Å². The van der Waals surface area contributed by atoms with Gasteiger partial charge >= 0.3 is 18.1 Å². The minimum Gasteiger partial charge on any atom is -0.468 e. The van der Waals surface area contributed by atoms with Crippen LogP contribution in [0.15, 0.2) is 4.99 Å². The van der Waals surface area contributed by atoms with E-state index in [-0.39, 0.29) is 12.1 Å². The van der Waals surface area contributed by atoms with Gasteiger partial charge in [0.05, 0.1) is 7.11 Å². The molecule has 0 aromatic carbocycles. The number of nitrogens with one attached hydrogen (secondary N) is 3. The number of hydrogen-bond donors (Lipinski definition) is 3. The zero-order valence-corrected chi connectivity index (χ0v) is 9.96. The molecule has 4 amide bonds. The smallest absolute Gasteiger partial charge is 0.345 e. The first-order valence-electron chi connectivity index (χ1n) is 4.95. The zero-order valence-electron chi connectivity index (χ0n) is 9.96. The molecule has 3 N–H and O–H groups in total. The summed E-state index contributed by atoms with van der Waals surface area (Å²) >= 11 is 0. The second-order valence-electron chi connectivity index (χ2n) is 3.08. The summed E-state index contributed by atoms with van der Waals surface area (Å²) in [6, 6.07) is -1.17. The van der Waals surface area contributed by atoms with Crippen LogP contribution >= 0.6 is 0 Å². The van der Waals surface area contributed by atoms with Crippen molar-refractivity contribution >= 4 is 18.1 Å². The fourth-order valence-electron chi connectivity index (χ4n) is 0.732. The van der Waals surface area contributed by atoms with E-state index in [1.54, 1.807) is 0 Å². The van der Waals surface area contributed by atoms with Crippen molar-refractivity contribution in [1.29, 1.82) is 0 Å². The van der Waals surface area contributed by atoms with E-state index in [4.69, 9.17) is 4.74 Å². The standard InChI is InChI=1S/C9H18N4O3/c1-5-6(2)11-8(15)13-9(16-4)12-7(14)10-3/h6H,5H2,1-4H3,(H3,10,11,12,13,14,15). The first-order valence-corrected chi connectivity index (χ1v) is 4.95. The van der Waals surface area contributed by atoms with Gasteiger partial charge in [0.2, 0.25) is 0 Å². The Morgan fingerprint density at radius 3 is 2.50 bits per heavy atom. The van der Waals surface area contributed by atoms with Crippen LogP contribution in [-0.2, 0) is 4.74 Å². The quantitative estimate of drug-likeness (QED) is 0.474. The van der Waals surface area contributed by atoms with Gasteiger partial charge in [-0.2, -0.15) is 0 Å². The lowest BCUT2D eigenvalue weighted by molar-refractivity contribution is 0.238. The highest BCUT2D eigenvalue weighted by molar-refractivity contribution is 5.98. The number of rotatable bonds is 2. The lowest BCUT2D eigenvalue weighted by Gasteiger charge is -2.12. The average Bonchev–Trinajstić information content (AvgIpc) is 2.27. The van der Waals surface area contributed by atoms with E-state index in [9.17, 15) is 9.59 Å². The van der Waals surface area contributed by atoms with Crippen LogP contribution in [0.5, 0.6) is 0 Å². The van der Waals surface area contributed by atoms with E-state index in [1.165, 1.54) is 14.2 Å². The monoisotopic (exact) mass is 230 g/mol. The molecule has 0 spiro atoms. The Kier molecular flexibility index (Phi) is 6.66. The summed E-state index contributed by atoms with van der Waals surface area (Å²) in [5.41, 5.74) is 0. The fraction of sp³-hybridized carbons (Fsp3) is 0.667. The molecular formula is C9H18N4O3. The average molecular weight is 230 g/mol. The van der Waals surface area contributed by atoms with Crippen LogP contribution < -0.4 is 16.0 Å². The summed E-state index contributed by atoms with van der Waals surface area (Å²) in [7, 11) is 2.74. The van der Waals surface area contributed by atoms with Crippen molar-refractivity contribution in [2.24, 2.45) is 4.99 Å². The summed E-state index contributed by atoms with van der Waals surface area (Å²) in [4.78, 5) is 25.7. The van der Waals surface area contributed by atoms with Gasteiger partial charge in [-0.15, -0.1) is 4.99 Å². The molecule has 0 saturated carbocycles. The largest absolute Gasteiger partial charge is 0.468 e. The van der Waals surface area contributed by atoms with Crippen molar-refractivity contribution < 1.29 is 14.3 Å². The minimum atomic E-state index is -0.597. The van der Waals surface area contributed by atoms with Crippen molar-refractivity contribution in [2.45, 2.75) is 26.3 Å². The molecule has 0 radical (unpaired) electrons. The third kappa shape index (κ3) is 5.84. The highest BCUT2D eigenvalue weighted by Gasteiger charge is 2.09. The Labute approximate surface area is 94.6 Å². The van der Waals surface area contributed by atoms with Gasteiger partial charge < -0.3 is 15.4 Å². The molecule has 0 bridgehead atoms. The van der Waals surface area contributed by atoms with E-state index < -0.39 is 12.1 Å². The molecule has 0 fully saturated rings. The lowest BCUT2D eigenvalue weighted by Crippen LogP contribution is -2.44. The van der Waals surface area contributed by atoms with Crippen molar-refractivity contribution in [1.82, 2.24) is 16.0 Å². The summed E-state index contributed by atoms with van der Waals surface area (Å²) in [6.45, 7) is 3.81. The van der Waals surface area contributed by atoms with E-state index in [2.05, 4.69) is 20.9 Å². The Balaban J connectivity index is 4.27. The second kappa shape index (κ2) is 7.49. The number of hydrogen-bond acceptors (Lipinski definition) is 3.